The van der Waals surface area contributed by atoms with Gasteiger partial charge in [0.15, 0.2) is 0 Å². The van der Waals surface area contributed by atoms with Crippen LogP contribution in [0.3, 0.4) is 0 Å². The van der Waals surface area contributed by atoms with Crippen LogP contribution in [0, 0.1) is 15.9 Å². The quantitative estimate of drug-likeness (QED) is 0.613. The number of para-hydroxylation sites is 1. The van der Waals surface area contributed by atoms with Gasteiger partial charge in [0.25, 0.3) is 0 Å². The molecule has 0 saturated carbocycles. The number of nitrogens with zero attached hydrogens (tertiary/aromatic N) is 2. The topological polar surface area (TPSA) is 46.4 Å². The van der Waals surface area contributed by atoms with Crippen LogP contribution < -0.4 is 4.90 Å². The van der Waals surface area contributed by atoms with Crippen LogP contribution in [0.2, 0.25) is 5.02 Å². The molecule has 0 aromatic heterocycles. The molecule has 0 heterocycles. The largest absolute Gasteiger partial charge is 0.362 e. The van der Waals surface area contributed by atoms with Crippen molar-refractivity contribution >= 4 is 23.0 Å². The second kappa shape index (κ2) is 6.10. The Kier molecular flexibility index (Phi) is 4.43. The van der Waals surface area contributed by atoms with Crippen molar-refractivity contribution in [3.63, 3.8) is 0 Å². The molecule has 110 valence electrons. The molecule has 0 N–H and O–H groups in total. The molecule has 2 aromatic carbocycles. The lowest BCUT2D eigenvalue weighted by atomic mass is 10.1. The first-order valence-corrected chi connectivity index (χ1v) is 6.71. The summed E-state index contributed by atoms with van der Waals surface area (Å²) in [6.45, 7) is 1.89. The van der Waals surface area contributed by atoms with E-state index in [0.717, 1.165) is 11.6 Å². The predicted octanol–water partition coefficient (Wildman–Crippen LogP) is 4.58. The molecule has 2 aromatic rings. The molecule has 0 fully saturated rings. The number of hydrogen-bond donors (Lipinski definition) is 0. The van der Waals surface area contributed by atoms with Gasteiger partial charge in [-0.25, -0.2) is 0 Å². The summed E-state index contributed by atoms with van der Waals surface area (Å²) in [6.07, 6.45) is 0. The van der Waals surface area contributed by atoms with Crippen molar-refractivity contribution in [2.45, 2.75) is 13.0 Å². The van der Waals surface area contributed by atoms with E-state index in [-0.39, 0.29) is 11.7 Å². The highest BCUT2D eigenvalue weighted by molar-refractivity contribution is 6.30. The molecule has 0 bridgehead atoms. The average Bonchev–Trinajstić information content (AvgIpc) is 2.46. The molecular formula is C15H14ClFN2O2. The van der Waals surface area contributed by atoms with Crippen LogP contribution in [0.1, 0.15) is 18.5 Å². The van der Waals surface area contributed by atoms with E-state index < -0.39 is 16.4 Å². The molecule has 0 amide bonds. The molecule has 0 spiro atoms. The fourth-order valence-electron chi connectivity index (χ4n) is 2.14. The molecule has 0 aliphatic heterocycles. The van der Waals surface area contributed by atoms with E-state index in [9.17, 15) is 14.5 Å². The molecule has 6 heteroatoms. The monoisotopic (exact) mass is 308 g/mol. The molecule has 0 aliphatic rings. The van der Waals surface area contributed by atoms with Gasteiger partial charge in [0.05, 0.1) is 11.0 Å². The highest BCUT2D eigenvalue weighted by Gasteiger charge is 2.25. The van der Waals surface area contributed by atoms with Crippen LogP contribution >= 0.6 is 11.6 Å². The maximum absolute atomic E-state index is 13.7. The molecular weight excluding hydrogens is 295 g/mol. The lowest BCUT2D eigenvalue weighted by molar-refractivity contribution is -0.386. The van der Waals surface area contributed by atoms with E-state index in [1.54, 1.807) is 24.1 Å². The van der Waals surface area contributed by atoms with E-state index in [0.29, 0.717) is 5.02 Å². The van der Waals surface area contributed by atoms with E-state index in [1.165, 1.54) is 12.1 Å². The number of benzene rings is 2. The van der Waals surface area contributed by atoms with Crippen molar-refractivity contribution in [1.82, 2.24) is 0 Å². The lowest BCUT2D eigenvalue weighted by Gasteiger charge is -2.27. The van der Waals surface area contributed by atoms with Crippen molar-refractivity contribution < 1.29 is 9.31 Å². The lowest BCUT2D eigenvalue weighted by Crippen LogP contribution is -2.22. The van der Waals surface area contributed by atoms with Crippen molar-refractivity contribution in [2.75, 3.05) is 11.9 Å². The van der Waals surface area contributed by atoms with Crippen LogP contribution in [-0.2, 0) is 0 Å². The molecule has 1 unspecified atom stereocenters. The first-order valence-electron chi connectivity index (χ1n) is 6.33. The summed E-state index contributed by atoms with van der Waals surface area (Å²) in [6, 6.07) is 11.1. The summed E-state index contributed by atoms with van der Waals surface area (Å²) in [5, 5.41) is 11.7. The number of nitro groups is 1. The molecule has 2 rings (SSSR count). The van der Waals surface area contributed by atoms with E-state index in [4.69, 9.17) is 11.6 Å². The standard InChI is InChI=1S/C15H14ClFN2O2/c1-10(11-6-8-12(16)9-7-11)18(2)14-5-3-4-13(17)15(14)19(20)21/h3-10H,1-2H3. The number of rotatable bonds is 4. The maximum atomic E-state index is 13.7. The molecule has 0 aliphatic carbocycles. The third-order valence-electron chi connectivity index (χ3n) is 3.46. The summed E-state index contributed by atoms with van der Waals surface area (Å²) in [5.74, 6) is -0.840. The number of nitro benzene ring substituents is 1. The Balaban J connectivity index is 2.40. The van der Waals surface area contributed by atoms with Gasteiger partial charge in [-0.05, 0) is 36.8 Å². The van der Waals surface area contributed by atoms with Crippen LogP contribution in [0.25, 0.3) is 0 Å². The normalized spacial score (nSPS) is 12.0. The van der Waals surface area contributed by atoms with Crippen LogP contribution in [0.4, 0.5) is 15.8 Å². The zero-order valence-corrected chi connectivity index (χ0v) is 12.3. The molecule has 0 radical (unpaired) electrons. The Morgan fingerprint density at radius 1 is 1.24 bits per heavy atom. The van der Waals surface area contributed by atoms with Gasteiger partial charge in [-0.1, -0.05) is 29.8 Å². The highest BCUT2D eigenvalue weighted by atomic mass is 35.5. The first-order chi connectivity index (χ1) is 9.91. The van der Waals surface area contributed by atoms with Gasteiger partial charge in [-0.2, -0.15) is 4.39 Å². The van der Waals surface area contributed by atoms with Crippen LogP contribution in [0.5, 0.6) is 0 Å². The third kappa shape index (κ3) is 3.13. The van der Waals surface area contributed by atoms with Gasteiger partial charge in [0.1, 0.15) is 5.69 Å². The second-order valence-corrected chi connectivity index (χ2v) is 5.14. The van der Waals surface area contributed by atoms with Crippen molar-refractivity contribution in [2.24, 2.45) is 0 Å². The minimum absolute atomic E-state index is 0.164. The summed E-state index contributed by atoms with van der Waals surface area (Å²) < 4.78 is 13.7. The van der Waals surface area contributed by atoms with Gasteiger partial charge in [-0.15, -0.1) is 0 Å². The van der Waals surface area contributed by atoms with Gasteiger partial charge in [0, 0.05) is 12.1 Å². The van der Waals surface area contributed by atoms with Gasteiger partial charge in [0.2, 0.25) is 5.82 Å². The van der Waals surface area contributed by atoms with Crippen molar-refractivity contribution in [3.8, 4) is 0 Å². The van der Waals surface area contributed by atoms with Gasteiger partial charge < -0.3 is 4.90 Å². The molecule has 4 nitrogen and oxygen atoms in total. The number of halogens is 2. The van der Waals surface area contributed by atoms with Gasteiger partial charge >= 0.3 is 5.69 Å². The Hall–Kier alpha value is -2.14. The Morgan fingerprint density at radius 3 is 2.43 bits per heavy atom. The average molecular weight is 309 g/mol. The summed E-state index contributed by atoms with van der Waals surface area (Å²) in [7, 11) is 1.70. The SMILES string of the molecule is CC(c1ccc(Cl)cc1)N(C)c1cccc(F)c1[N+](=O)[O-]. The minimum atomic E-state index is -0.840. The fourth-order valence-corrected chi connectivity index (χ4v) is 2.27. The smallest absolute Gasteiger partial charge is 0.327 e. The predicted molar refractivity (Wildman–Crippen MR) is 81.3 cm³/mol. The van der Waals surface area contributed by atoms with Crippen molar-refractivity contribution in [3.05, 3.63) is 69.0 Å². The fraction of sp³-hybridized carbons (Fsp3) is 0.200. The van der Waals surface area contributed by atoms with E-state index in [1.807, 2.05) is 19.1 Å². The second-order valence-electron chi connectivity index (χ2n) is 4.70. The van der Waals surface area contributed by atoms with Crippen LogP contribution in [-0.4, -0.2) is 12.0 Å². The third-order valence-corrected chi connectivity index (χ3v) is 3.71. The molecule has 1 atom stereocenters. The van der Waals surface area contributed by atoms with Crippen LogP contribution in [0.15, 0.2) is 42.5 Å². The maximum Gasteiger partial charge on any atom is 0.327 e. The summed E-state index contributed by atoms with van der Waals surface area (Å²) >= 11 is 5.85. The molecule has 0 saturated heterocycles. The minimum Gasteiger partial charge on any atom is -0.362 e. The zero-order valence-electron chi connectivity index (χ0n) is 11.6. The van der Waals surface area contributed by atoms with Gasteiger partial charge in [-0.3, -0.25) is 10.1 Å². The Labute approximate surface area is 126 Å². The van der Waals surface area contributed by atoms with Crippen molar-refractivity contribution in [1.29, 1.82) is 0 Å². The summed E-state index contributed by atoms with van der Waals surface area (Å²) in [4.78, 5) is 12.0. The molecule has 21 heavy (non-hydrogen) atoms. The zero-order chi connectivity index (χ0) is 15.6. The first kappa shape index (κ1) is 15.3. The highest BCUT2D eigenvalue weighted by Crippen LogP contribution is 2.34. The Bertz CT molecular complexity index is 661. The van der Waals surface area contributed by atoms with E-state index >= 15 is 0 Å². The number of hydrogen-bond acceptors (Lipinski definition) is 3. The Morgan fingerprint density at radius 2 is 1.86 bits per heavy atom. The summed E-state index contributed by atoms with van der Waals surface area (Å²) in [5.41, 5.74) is 0.656. The number of anilines is 1. The van der Waals surface area contributed by atoms with E-state index in [2.05, 4.69) is 0 Å².